The van der Waals surface area contributed by atoms with E-state index >= 15 is 0 Å². The molecular formula is C15H11FN4O4S2. The molecule has 0 fully saturated rings. The lowest BCUT2D eigenvalue weighted by Gasteiger charge is -2.02. The zero-order chi connectivity index (χ0) is 18.9. The molecule has 0 aliphatic carbocycles. The minimum atomic E-state index is -4.01. The molecule has 1 aromatic carbocycles. The highest BCUT2D eigenvalue weighted by molar-refractivity contribution is 7.93. The molecule has 2 heterocycles. The molecule has 0 saturated carbocycles. The van der Waals surface area contributed by atoms with E-state index in [0.29, 0.717) is 11.3 Å². The van der Waals surface area contributed by atoms with Gasteiger partial charge in [-0.15, -0.1) is 11.3 Å². The van der Waals surface area contributed by atoms with Gasteiger partial charge in [-0.05, 0) is 36.4 Å². The van der Waals surface area contributed by atoms with Crippen LogP contribution in [0.1, 0.15) is 20.8 Å². The van der Waals surface area contributed by atoms with Gasteiger partial charge in [0.25, 0.3) is 11.8 Å². The van der Waals surface area contributed by atoms with Crippen LogP contribution >= 0.6 is 11.3 Å². The Morgan fingerprint density at radius 3 is 2.46 bits per heavy atom. The van der Waals surface area contributed by atoms with E-state index in [2.05, 4.69) is 15.5 Å². The zero-order valence-corrected chi connectivity index (χ0v) is 14.5. The standard InChI is InChI=1S/C15H11FN4O4S2/c16-8-1-3-9(4-2-8)26(23,24)12-7-10(13(17)21)15(25-12)19-14(22)11-5-6-18-20-11/h1-7H,(H2,17,21)(H,18,20)(H,19,22). The van der Waals surface area contributed by atoms with Crippen LogP contribution in [0, 0.1) is 5.82 Å². The summed E-state index contributed by atoms with van der Waals surface area (Å²) >= 11 is 0.667. The van der Waals surface area contributed by atoms with Gasteiger partial charge in [0.15, 0.2) is 0 Å². The highest BCUT2D eigenvalue weighted by Crippen LogP contribution is 2.34. The first-order valence-corrected chi connectivity index (χ1v) is 9.34. The summed E-state index contributed by atoms with van der Waals surface area (Å²) < 4.78 is 38.1. The van der Waals surface area contributed by atoms with Gasteiger partial charge >= 0.3 is 0 Å². The molecule has 0 bridgehead atoms. The van der Waals surface area contributed by atoms with Crippen molar-refractivity contribution in [3.8, 4) is 0 Å². The van der Waals surface area contributed by atoms with E-state index in [1.165, 1.54) is 12.3 Å². The van der Waals surface area contributed by atoms with Crippen LogP contribution in [0.2, 0.25) is 0 Å². The van der Waals surface area contributed by atoms with Crippen LogP contribution in [0.3, 0.4) is 0 Å². The van der Waals surface area contributed by atoms with Crippen LogP contribution in [0.4, 0.5) is 9.39 Å². The van der Waals surface area contributed by atoms with Crippen molar-refractivity contribution < 1.29 is 22.4 Å². The lowest BCUT2D eigenvalue weighted by molar-refractivity contribution is 0.100. The predicted octanol–water partition coefficient (Wildman–Crippen LogP) is 1.79. The molecule has 8 nitrogen and oxygen atoms in total. The quantitative estimate of drug-likeness (QED) is 0.567. The number of hydrogen-bond acceptors (Lipinski definition) is 6. The summed E-state index contributed by atoms with van der Waals surface area (Å²) in [6, 6.07) is 6.72. The number of H-pyrrole nitrogens is 1. The second kappa shape index (κ2) is 6.69. The largest absolute Gasteiger partial charge is 0.366 e. The Morgan fingerprint density at radius 2 is 1.88 bits per heavy atom. The molecule has 11 heteroatoms. The van der Waals surface area contributed by atoms with Gasteiger partial charge in [0.2, 0.25) is 9.84 Å². The molecule has 26 heavy (non-hydrogen) atoms. The number of aromatic amines is 1. The van der Waals surface area contributed by atoms with Gasteiger partial charge in [-0.1, -0.05) is 0 Å². The normalized spacial score (nSPS) is 11.3. The first-order chi connectivity index (χ1) is 12.3. The number of rotatable bonds is 5. The van der Waals surface area contributed by atoms with Crippen LogP contribution in [0.15, 0.2) is 51.7 Å². The van der Waals surface area contributed by atoms with Gasteiger partial charge in [-0.3, -0.25) is 14.7 Å². The van der Waals surface area contributed by atoms with E-state index in [1.807, 2.05) is 0 Å². The fraction of sp³-hybridized carbons (Fsp3) is 0. The summed E-state index contributed by atoms with van der Waals surface area (Å²) in [7, 11) is -4.01. The zero-order valence-electron chi connectivity index (χ0n) is 12.9. The van der Waals surface area contributed by atoms with Gasteiger partial charge in [-0.2, -0.15) is 5.10 Å². The number of halogens is 1. The van der Waals surface area contributed by atoms with Crippen LogP contribution in [-0.4, -0.2) is 30.4 Å². The fourth-order valence-electron chi connectivity index (χ4n) is 2.06. The Balaban J connectivity index is 2.00. The Labute approximate surface area is 150 Å². The lowest BCUT2D eigenvalue weighted by Crippen LogP contribution is -2.16. The van der Waals surface area contributed by atoms with Gasteiger partial charge in [0.1, 0.15) is 20.7 Å². The van der Waals surface area contributed by atoms with Crippen molar-refractivity contribution in [2.75, 3.05) is 5.32 Å². The van der Waals surface area contributed by atoms with E-state index in [1.54, 1.807) is 0 Å². The highest BCUT2D eigenvalue weighted by atomic mass is 32.2. The Bertz CT molecular complexity index is 1070. The molecular weight excluding hydrogens is 383 g/mol. The number of hydrogen-bond donors (Lipinski definition) is 3. The molecule has 3 aromatic rings. The molecule has 4 N–H and O–H groups in total. The van der Waals surface area contributed by atoms with Crippen LogP contribution in [0.5, 0.6) is 0 Å². The van der Waals surface area contributed by atoms with E-state index in [4.69, 9.17) is 5.73 Å². The van der Waals surface area contributed by atoms with Gasteiger partial charge in [0, 0.05) is 6.20 Å². The smallest absolute Gasteiger partial charge is 0.276 e. The number of anilines is 1. The molecule has 0 spiro atoms. The third kappa shape index (κ3) is 3.34. The third-order valence-corrected chi connectivity index (χ3v) is 6.62. The first-order valence-electron chi connectivity index (χ1n) is 7.04. The van der Waals surface area contributed by atoms with E-state index in [0.717, 1.165) is 30.3 Å². The average molecular weight is 394 g/mol. The first kappa shape index (κ1) is 17.8. The number of sulfone groups is 1. The maximum atomic E-state index is 13.0. The van der Waals surface area contributed by atoms with Crippen molar-refractivity contribution in [3.05, 3.63) is 59.7 Å². The molecule has 2 aromatic heterocycles. The molecule has 0 atom stereocenters. The monoisotopic (exact) mass is 394 g/mol. The maximum Gasteiger partial charge on any atom is 0.276 e. The van der Waals surface area contributed by atoms with E-state index in [-0.39, 0.29) is 25.4 Å². The van der Waals surface area contributed by atoms with Crippen LogP contribution in [-0.2, 0) is 9.84 Å². The molecule has 2 amide bonds. The topological polar surface area (TPSA) is 135 Å². The number of nitrogens with two attached hydrogens (primary N) is 1. The molecule has 0 radical (unpaired) electrons. The number of aromatic nitrogens is 2. The molecule has 134 valence electrons. The third-order valence-electron chi connectivity index (χ3n) is 3.32. The predicted molar refractivity (Wildman–Crippen MR) is 91.2 cm³/mol. The van der Waals surface area contributed by atoms with Gasteiger partial charge in [0.05, 0.1) is 10.5 Å². The number of amides is 2. The maximum absolute atomic E-state index is 13.0. The number of benzene rings is 1. The van der Waals surface area contributed by atoms with Crippen molar-refractivity contribution in [3.63, 3.8) is 0 Å². The van der Waals surface area contributed by atoms with Gasteiger partial charge < -0.3 is 11.1 Å². The van der Waals surface area contributed by atoms with E-state index < -0.39 is 27.5 Å². The second-order valence-corrected chi connectivity index (χ2v) is 8.27. The Hall–Kier alpha value is -3.05. The highest BCUT2D eigenvalue weighted by Gasteiger charge is 2.25. The van der Waals surface area contributed by atoms with Crippen molar-refractivity contribution in [1.29, 1.82) is 0 Å². The van der Waals surface area contributed by atoms with Crippen molar-refractivity contribution in [1.82, 2.24) is 10.2 Å². The summed E-state index contributed by atoms with van der Waals surface area (Å²) in [5, 5.41) is 8.56. The number of carbonyl (C=O) groups is 2. The number of thiophene rings is 1. The summed E-state index contributed by atoms with van der Waals surface area (Å²) in [4.78, 5) is 23.6. The van der Waals surface area contributed by atoms with Crippen molar-refractivity contribution >= 4 is 38.0 Å². The number of primary amides is 1. The average Bonchev–Trinajstić information content (AvgIpc) is 3.25. The fourth-order valence-corrected chi connectivity index (χ4v) is 4.83. The molecule has 0 saturated heterocycles. The summed E-state index contributed by atoms with van der Waals surface area (Å²) in [6.45, 7) is 0. The van der Waals surface area contributed by atoms with Crippen LogP contribution < -0.4 is 11.1 Å². The minimum Gasteiger partial charge on any atom is -0.366 e. The number of carbonyl (C=O) groups excluding carboxylic acids is 2. The molecule has 0 aliphatic heterocycles. The number of nitrogens with zero attached hydrogens (tertiary/aromatic N) is 1. The van der Waals surface area contributed by atoms with Crippen molar-refractivity contribution in [2.24, 2.45) is 5.73 Å². The summed E-state index contributed by atoms with van der Waals surface area (Å²) in [6.07, 6.45) is 1.43. The number of nitrogens with one attached hydrogen (secondary N) is 2. The van der Waals surface area contributed by atoms with Crippen LogP contribution in [0.25, 0.3) is 0 Å². The second-order valence-electron chi connectivity index (χ2n) is 5.04. The van der Waals surface area contributed by atoms with Crippen molar-refractivity contribution in [2.45, 2.75) is 9.10 Å². The van der Waals surface area contributed by atoms with Gasteiger partial charge in [-0.25, -0.2) is 12.8 Å². The SMILES string of the molecule is NC(=O)c1cc(S(=O)(=O)c2ccc(F)cc2)sc1NC(=O)c1cc[nH]n1. The Kier molecular flexibility index (Phi) is 4.57. The molecule has 0 aliphatic rings. The molecule has 0 unspecified atom stereocenters. The molecule has 3 rings (SSSR count). The summed E-state index contributed by atoms with van der Waals surface area (Å²) in [5.41, 5.74) is 5.17. The lowest BCUT2D eigenvalue weighted by atomic mass is 10.3. The summed E-state index contributed by atoms with van der Waals surface area (Å²) in [5.74, 6) is -2.12. The Morgan fingerprint density at radius 1 is 1.19 bits per heavy atom. The minimum absolute atomic E-state index is 0.0220. The van der Waals surface area contributed by atoms with E-state index in [9.17, 15) is 22.4 Å².